The summed E-state index contributed by atoms with van der Waals surface area (Å²) in [4.78, 5) is 0.234. The number of nitrogens with zero attached hydrogens (tertiary/aromatic N) is 3. The van der Waals surface area contributed by atoms with Crippen LogP contribution in [0.3, 0.4) is 0 Å². The molecule has 2 saturated heterocycles. The van der Waals surface area contributed by atoms with Crippen molar-refractivity contribution >= 4 is 10.0 Å². The zero-order valence-electron chi connectivity index (χ0n) is 14.2. The molecule has 2 aliphatic heterocycles. The standard InChI is InChI=1S/C15H25N3O4S/c1-12(2)18-8-13(7-16-18)23(19,20)17-9-14(3,4)22-15(10-17)5-6-21-11-15/h7-8,12H,5-6,9-11H2,1-4H3. The molecule has 130 valence electrons. The third-order valence-corrected chi connectivity index (χ3v) is 6.07. The molecule has 0 radical (unpaired) electrons. The first-order valence-corrected chi connectivity index (χ1v) is 9.40. The lowest BCUT2D eigenvalue weighted by Crippen LogP contribution is -2.61. The van der Waals surface area contributed by atoms with Crippen molar-refractivity contribution in [3.05, 3.63) is 12.4 Å². The van der Waals surface area contributed by atoms with Gasteiger partial charge in [0.1, 0.15) is 10.5 Å². The molecule has 0 aliphatic carbocycles. The highest BCUT2D eigenvalue weighted by Gasteiger charge is 2.50. The molecule has 7 nitrogen and oxygen atoms in total. The van der Waals surface area contributed by atoms with Gasteiger partial charge in [0.2, 0.25) is 10.0 Å². The van der Waals surface area contributed by atoms with E-state index in [1.54, 1.807) is 10.9 Å². The average Bonchev–Trinajstić information content (AvgIpc) is 3.06. The summed E-state index contributed by atoms with van der Waals surface area (Å²) >= 11 is 0. The van der Waals surface area contributed by atoms with Gasteiger partial charge in [0.25, 0.3) is 0 Å². The van der Waals surface area contributed by atoms with Crippen LogP contribution in [-0.2, 0) is 19.5 Å². The summed E-state index contributed by atoms with van der Waals surface area (Å²) in [7, 11) is -3.59. The lowest BCUT2D eigenvalue weighted by Gasteiger charge is -2.47. The lowest BCUT2D eigenvalue weighted by atomic mass is 9.97. The summed E-state index contributed by atoms with van der Waals surface area (Å²) in [5.41, 5.74) is -1.09. The molecule has 1 atom stereocenters. The number of morpholine rings is 1. The molecule has 0 bridgehead atoms. The minimum Gasteiger partial charge on any atom is -0.378 e. The van der Waals surface area contributed by atoms with Crippen molar-refractivity contribution in [2.24, 2.45) is 0 Å². The molecule has 1 aromatic heterocycles. The van der Waals surface area contributed by atoms with Crippen LogP contribution in [0.5, 0.6) is 0 Å². The van der Waals surface area contributed by atoms with Crippen molar-refractivity contribution in [3.8, 4) is 0 Å². The third kappa shape index (κ3) is 3.17. The topological polar surface area (TPSA) is 73.7 Å². The van der Waals surface area contributed by atoms with Crippen LogP contribution in [0.4, 0.5) is 0 Å². The Balaban J connectivity index is 1.91. The quantitative estimate of drug-likeness (QED) is 0.830. The molecule has 1 aromatic rings. The monoisotopic (exact) mass is 343 g/mol. The van der Waals surface area contributed by atoms with Gasteiger partial charge in [-0.15, -0.1) is 0 Å². The van der Waals surface area contributed by atoms with Gasteiger partial charge in [-0.2, -0.15) is 9.40 Å². The first-order chi connectivity index (χ1) is 10.6. The summed E-state index contributed by atoms with van der Waals surface area (Å²) in [6.07, 6.45) is 3.74. The summed E-state index contributed by atoms with van der Waals surface area (Å²) in [6, 6.07) is 0.120. The minimum absolute atomic E-state index is 0.120. The highest BCUT2D eigenvalue weighted by atomic mass is 32.2. The maximum absolute atomic E-state index is 13.0. The van der Waals surface area contributed by atoms with Crippen LogP contribution < -0.4 is 0 Å². The molecule has 0 aromatic carbocycles. The Labute approximate surface area is 137 Å². The van der Waals surface area contributed by atoms with E-state index < -0.39 is 21.2 Å². The van der Waals surface area contributed by atoms with E-state index in [1.807, 2.05) is 27.7 Å². The van der Waals surface area contributed by atoms with E-state index in [0.29, 0.717) is 32.7 Å². The van der Waals surface area contributed by atoms with Crippen molar-refractivity contribution < 1.29 is 17.9 Å². The Kier molecular flexibility index (Phi) is 4.07. The highest BCUT2D eigenvalue weighted by Crippen LogP contribution is 2.36. The van der Waals surface area contributed by atoms with Crippen LogP contribution in [0.1, 0.15) is 40.2 Å². The zero-order valence-corrected chi connectivity index (χ0v) is 15.0. The molecular formula is C15H25N3O4S. The van der Waals surface area contributed by atoms with Crippen molar-refractivity contribution in [3.63, 3.8) is 0 Å². The number of ether oxygens (including phenoxy) is 2. The molecule has 3 heterocycles. The van der Waals surface area contributed by atoms with Gasteiger partial charge in [-0.05, 0) is 27.7 Å². The largest absolute Gasteiger partial charge is 0.378 e. The van der Waals surface area contributed by atoms with Crippen molar-refractivity contribution in [2.45, 2.75) is 56.3 Å². The van der Waals surface area contributed by atoms with E-state index in [-0.39, 0.29) is 10.9 Å². The predicted molar refractivity (Wildman–Crippen MR) is 84.7 cm³/mol. The second-order valence-electron chi connectivity index (χ2n) is 7.37. The molecule has 0 N–H and O–H groups in total. The van der Waals surface area contributed by atoms with Gasteiger partial charge in [-0.25, -0.2) is 8.42 Å². The Morgan fingerprint density at radius 1 is 1.30 bits per heavy atom. The van der Waals surface area contributed by atoms with E-state index in [4.69, 9.17) is 9.47 Å². The summed E-state index contributed by atoms with van der Waals surface area (Å²) in [5.74, 6) is 0. The SMILES string of the molecule is CC(C)n1cc(S(=O)(=O)N2CC(C)(C)OC3(CCOC3)C2)cn1. The molecule has 1 spiro atoms. The Morgan fingerprint density at radius 3 is 2.61 bits per heavy atom. The molecular weight excluding hydrogens is 318 g/mol. The molecule has 2 aliphatic rings. The first-order valence-electron chi connectivity index (χ1n) is 7.96. The molecule has 0 amide bonds. The number of hydrogen-bond acceptors (Lipinski definition) is 5. The van der Waals surface area contributed by atoms with Crippen LogP contribution in [0.25, 0.3) is 0 Å². The number of hydrogen-bond donors (Lipinski definition) is 0. The maximum atomic E-state index is 13.0. The van der Waals surface area contributed by atoms with Gasteiger partial charge in [-0.1, -0.05) is 0 Å². The van der Waals surface area contributed by atoms with Crippen LogP contribution in [0.2, 0.25) is 0 Å². The van der Waals surface area contributed by atoms with Gasteiger partial charge in [0, 0.05) is 38.4 Å². The normalized spacial score (nSPS) is 28.7. The van der Waals surface area contributed by atoms with E-state index >= 15 is 0 Å². The van der Waals surface area contributed by atoms with Crippen molar-refractivity contribution in [1.82, 2.24) is 14.1 Å². The molecule has 8 heteroatoms. The predicted octanol–water partition coefficient (Wildman–Crippen LogP) is 1.42. The zero-order chi connectivity index (χ0) is 16.9. The minimum atomic E-state index is -3.59. The molecule has 2 fully saturated rings. The fraction of sp³-hybridized carbons (Fsp3) is 0.800. The van der Waals surface area contributed by atoms with E-state index in [0.717, 1.165) is 0 Å². The highest BCUT2D eigenvalue weighted by molar-refractivity contribution is 7.89. The second-order valence-corrected chi connectivity index (χ2v) is 9.31. The molecule has 1 unspecified atom stereocenters. The molecule has 0 saturated carbocycles. The maximum Gasteiger partial charge on any atom is 0.246 e. The van der Waals surface area contributed by atoms with Crippen LogP contribution >= 0.6 is 0 Å². The fourth-order valence-electron chi connectivity index (χ4n) is 3.30. The van der Waals surface area contributed by atoms with Crippen LogP contribution in [-0.4, -0.2) is 60.0 Å². The van der Waals surface area contributed by atoms with E-state index in [1.165, 1.54) is 10.5 Å². The number of sulfonamides is 1. The molecule has 23 heavy (non-hydrogen) atoms. The van der Waals surface area contributed by atoms with Gasteiger partial charge in [-0.3, -0.25) is 4.68 Å². The third-order valence-electron chi connectivity index (χ3n) is 4.33. The Hall–Kier alpha value is -0.960. The van der Waals surface area contributed by atoms with E-state index in [2.05, 4.69) is 5.10 Å². The Morgan fingerprint density at radius 2 is 2.04 bits per heavy atom. The second kappa shape index (κ2) is 5.54. The molecule has 3 rings (SSSR count). The van der Waals surface area contributed by atoms with Crippen molar-refractivity contribution in [1.29, 1.82) is 0 Å². The number of aromatic nitrogens is 2. The van der Waals surface area contributed by atoms with E-state index in [9.17, 15) is 8.42 Å². The van der Waals surface area contributed by atoms with Gasteiger partial charge < -0.3 is 9.47 Å². The Bertz CT molecular complexity index is 675. The van der Waals surface area contributed by atoms with Crippen molar-refractivity contribution in [2.75, 3.05) is 26.3 Å². The van der Waals surface area contributed by atoms with Gasteiger partial charge in [0.05, 0.1) is 18.4 Å². The first kappa shape index (κ1) is 16.9. The van der Waals surface area contributed by atoms with Gasteiger partial charge >= 0.3 is 0 Å². The summed E-state index contributed by atoms with van der Waals surface area (Å²) < 4.78 is 40.9. The van der Waals surface area contributed by atoms with Crippen LogP contribution in [0, 0.1) is 0 Å². The summed E-state index contributed by atoms with van der Waals surface area (Å²) in [5, 5.41) is 4.16. The summed E-state index contributed by atoms with van der Waals surface area (Å²) in [6.45, 7) is 9.47. The fourth-order valence-corrected chi connectivity index (χ4v) is 4.91. The number of rotatable bonds is 3. The van der Waals surface area contributed by atoms with Crippen LogP contribution in [0.15, 0.2) is 17.3 Å². The average molecular weight is 343 g/mol. The smallest absolute Gasteiger partial charge is 0.246 e. The lowest BCUT2D eigenvalue weighted by molar-refractivity contribution is -0.180. The van der Waals surface area contributed by atoms with Gasteiger partial charge in [0.15, 0.2) is 0 Å².